The van der Waals surface area contributed by atoms with Crippen molar-refractivity contribution in [3.05, 3.63) is 17.7 Å². The monoisotopic (exact) mass is 296 g/mol. The van der Waals surface area contributed by atoms with E-state index in [1.165, 1.54) is 0 Å². The van der Waals surface area contributed by atoms with Gasteiger partial charge >= 0.3 is 5.97 Å². The topological polar surface area (TPSA) is 54.0 Å². The molecule has 0 atom stereocenters. The summed E-state index contributed by atoms with van der Waals surface area (Å²) in [5.74, 6) is 1.41. The van der Waals surface area contributed by atoms with Crippen LogP contribution in [0.1, 0.15) is 38.2 Å². The average molecular weight is 296 g/mol. The van der Waals surface area contributed by atoms with Gasteiger partial charge in [-0.2, -0.15) is 0 Å². The highest BCUT2D eigenvalue weighted by Gasteiger charge is 2.16. The third-order valence-corrected chi connectivity index (χ3v) is 3.16. The van der Waals surface area contributed by atoms with Gasteiger partial charge < -0.3 is 18.9 Å². The number of carbonyl (C=O) groups is 1. The van der Waals surface area contributed by atoms with Crippen LogP contribution in [0.3, 0.4) is 0 Å². The van der Waals surface area contributed by atoms with Crippen LogP contribution in [-0.4, -0.2) is 27.3 Å². The van der Waals surface area contributed by atoms with E-state index < -0.39 is 0 Å². The Morgan fingerprint density at radius 3 is 2.29 bits per heavy atom. The van der Waals surface area contributed by atoms with Crippen LogP contribution in [0.5, 0.6) is 17.2 Å². The molecule has 1 aromatic rings. The zero-order valence-corrected chi connectivity index (χ0v) is 13.2. The molecule has 1 aromatic carbocycles. The molecule has 0 fully saturated rings. The molecule has 0 spiro atoms. The van der Waals surface area contributed by atoms with Gasteiger partial charge in [0.15, 0.2) is 11.5 Å². The van der Waals surface area contributed by atoms with E-state index in [-0.39, 0.29) is 12.6 Å². The summed E-state index contributed by atoms with van der Waals surface area (Å²) in [4.78, 5) is 11.6. The first-order valence-corrected chi connectivity index (χ1v) is 7.11. The summed E-state index contributed by atoms with van der Waals surface area (Å²) < 4.78 is 21.1. The standard InChI is InChI=1S/C16H24O5/c1-5-6-7-8-14(17)21-11-12-9-10-13(18-2)16(20-4)15(12)19-3/h9-10H,5-8,11H2,1-4H3. The highest BCUT2D eigenvalue weighted by molar-refractivity contribution is 5.69. The molecule has 0 aliphatic carbocycles. The summed E-state index contributed by atoms with van der Waals surface area (Å²) in [6.07, 6.45) is 3.42. The van der Waals surface area contributed by atoms with Crippen LogP contribution in [0.25, 0.3) is 0 Å². The van der Waals surface area contributed by atoms with Gasteiger partial charge in [-0.05, 0) is 18.6 Å². The van der Waals surface area contributed by atoms with Gasteiger partial charge in [0.25, 0.3) is 0 Å². The molecule has 1 rings (SSSR count). The van der Waals surface area contributed by atoms with E-state index in [1.807, 2.05) is 0 Å². The minimum atomic E-state index is -0.194. The highest BCUT2D eigenvalue weighted by Crippen LogP contribution is 2.39. The van der Waals surface area contributed by atoms with Crippen LogP contribution in [0.2, 0.25) is 0 Å². The summed E-state index contributed by atoms with van der Waals surface area (Å²) in [5, 5.41) is 0. The number of carbonyl (C=O) groups excluding carboxylic acids is 1. The Kier molecular flexibility index (Phi) is 7.43. The first-order chi connectivity index (χ1) is 10.2. The molecule has 0 amide bonds. The summed E-state index contributed by atoms with van der Waals surface area (Å²) in [6, 6.07) is 3.57. The first-order valence-electron chi connectivity index (χ1n) is 7.11. The van der Waals surface area contributed by atoms with E-state index >= 15 is 0 Å². The average Bonchev–Trinajstić information content (AvgIpc) is 2.51. The predicted molar refractivity (Wildman–Crippen MR) is 80.0 cm³/mol. The van der Waals surface area contributed by atoms with E-state index in [0.29, 0.717) is 23.7 Å². The molecule has 0 aromatic heterocycles. The van der Waals surface area contributed by atoms with Crippen molar-refractivity contribution in [2.45, 2.75) is 39.2 Å². The second kappa shape index (κ2) is 9.10. The summed E-state index contributed by atoms with van der Waals surface area (Å²) in [5.41, 5.74) is 0.749. The van der Waals surface area contributed by atoms with E-state index in [1.54, 1.807) is 33.5 Å². The lowest BCUT2D eigenvalue weighted by molar-refractivity contribution is -0.145. The molecule has 0 heterocycles. The molecule has 0 radical (unpaired) electrons. The molecule has 0 aliphatic rings. The number of hydrogen-bond donors (Lipinski definition) is 0. The molecule has 118 valence electrons. The van der Waals surface area contributed by atoms with E-state index in [0.717, 1.165) is 24.8 Å². The lowest BCUT2D eigenvalue weighted by atomic mass is 10.1. The Bertz CT molecular complexity index is 456. The molecule has 0 aliphatic heterocycles. The molecular weight excluding hydrogens is 272 g/mol. The smallest absolute Gasteiger partial charge is 0.306 e. The van der Waals surface area contributed by atoms with Gasteiger partial charge in [-0.25, -0.2) is 0 Å². The Morgan fingerprint density at radius 1 is 1.00 bits per heavy atom. The van der Waals surface area contributed by atoms with Crippen molar-refractivity contribution in [1.29, 1.82) is 0 Å². The van der Waals surface area contributed by atoms with Crippen molar-refractivity contribution in [3.63, 3.8) is 0 Å². The van der Waals surface area contributed by atoms with E-state index in [2.05, 4.69) is 6.92 Å². The van der Waals surface area contributed by atoms with Gasteiger partial charge in [0.1, 0.15) is 6.61 Å². The van der Waals surface area contributed by atoms with Gasteiger partial charge in [-0.15, -0.1) is 0 Å². The van der Waals surface area contributed by atoms with E-state index in [9.17, 15) is 4.79 Å². The second-order valence-corrected chi connectivity index (χ2v) is 4.61. The SMILES string of the molecule is CCCCCC(=O)OCc1ccc(OC)c(OC)c1OC. The lowest BCUT2D eigenvalue weighted by Gasteiger charge is -2.15. The Morgan fingerprint density at radius 2 is 1.71 bits per heavy atom. The van der Waals surface area contributed by atoms with E-state index in [4.69, 9.17) is 18.9 Å². The summed E-state index contributed by atoms with van der Waals surface area (Å²) in [7, 11) is 4.65. The third kappa shape index (κ3) is 4.85. The normalized spacial score (nSPS) is 10.1. The summed E-state index contributed by atoms with van der Waals surface area (Å²) in [6.45, 7) is 2.26. The molecule has 5 heteroatoms. The van der Waals surface area contributed by atoms with Crippen molar-refractivity contribution in [1.82, 2.24) is 0 Å². The van der Waals surface area contributed by atoms with Gasteiger partial charge in [-0.3, -0.25) is 4.79 Å². The lowest BCUT2D eigenvalue weighted by Crippen LogP contribution is -2.06. The van der Waals surface area contributed by atoms with Gasteiger partial charge in [0, 0.05) is 12.0 Å². The molecule has 0 unspecified atom stereocenters. The Hall–Kier alpha value is -1.91. The van der Waals surface area contributed by atoms with Crippen molar-refractivity contribution in [2.75, 3.05) is 21.3 Å². The minimum absolute atomic E-state index is 0.161. The van der Waals surface area contributed by atoms with Crippen molar-refractivity contribution < 1.29 is 23.7 Å². The number of rotatable bonds is 9. The third-order valence-electron chi connectivity index (χ3n) is 3.16. The number of esters is 1. The zero-order valence-electron chi connectivity index (χ0n) is 13.2. The molecule has 0 bridgehead atoms. The van der Waals surface area contributed by atoms with Crippen LogP contribution in [0.15, 0.2) is 12.1 Å². The van der Waals surface area contributed by atoms with Crippen molar-refractivity contribution in [2.24, 2.45) is 0 Å². The van der Waals surface area contributed by atoms with Crippen molar-refractivity contribution in [3.8, 4) is 17.2 Å². The largest absolute Gasteiger partial charge is 0.493 e. The fourth-order valence-electron chi connectivity index (χ4n) is 2.03. The Labute approximate surface area is 126 Å². The number of benzene rings is 1. The molecule has 0 N–H and O–H groups in total. The quantitative estimate of drug-likeness (QED) is 0.517. The van der Waals surface area contributed by atoms with Crippen LogP contribution in [-0.2, 0) is 16.1 Å². The zero-order chi connectivity index (χ0) is 15.7. The van der Waals surface area contributed by atoms with Crippen LogP contribution in [0, 0.1) is 0 Å². The first kappa shape index (κ1) is 17.1. The Balaban J connectivity index is 2.72. The maximum atomic E-state index is 11.6. The van der Waals surface area contributed by atoms with Gasteiger partial charge in [-0.1, -0.05) is 19.8 Å². The van der Waals surface area contributed by atoms with Crippen LogP contribution < -0.4 is 14.2 Å². The highest BCUT2D eigenvalue weighted by atomic mass is 16.5. The second-order valence-electron chi connectivity index (χ2n) is 4.61. The molecule has 0 saturated carbocycles. The maximum Gasteiger partial charge on any atom is 0.306 e. The molecule has 5 nitrogen and oxygen atoms in total. The number of ether oxygens (including phenoxy) is 4. The maximum absolute atomic E-state index is 11.6. The predicted octanol–water partition coefficient (Wildman–Crippen LogP) is 3.34. The molecule has 21 heavy (non-hydrogen) atoms. The molecular formula is C16H24O5. The number of hydrogen-bond acceptors (Lipinski definition) is 5. The number of unbranched alkanes of at least 4 members (excludes halogenated alkanes) is 2. The van der Waals surface area contributed by atoms with Crippen molar-refractivity contribution >= 4 is 5.97 Å². The fraction of sp³-hybridized carbons (Fsp3) is 0.562. The van der Waals surface area contributed by atoms with Gasteiger partial charge in [0.2, 0.25) is 5.75 Å². The fourth-order valence-corrected chi connectivity index (χ4v) is 2.03. The summed E-state index contributed by atoms with van der Waals surface area (Å²) >= 11 is 0. The van der Waals surface area contributed by atoms with Gasteiger partial charge in [0.05, 0.1) is 21.3 Å². The van der Waals surface area contributed by atoms with Crippen LogP contribution >= 0.6 is 0 Å². The molecule has 0 saturated heterocycles. The number of methoxy groups -OCH3 is 3. The van der Waals surface area contributed by atoms with Crippen LogP contribution in [0.4, 0.5) is 0 Å². The minimum Gasteiger partial charge on any atom is -0.493 e.